The van der Waals surface area contributed by atoms with E-state index in [2.05, 4.69) is 6.07 Å². The molecule has 28 heavy (non-hydrogen) atoms. The van der Waals surface area contributed by atoms with Crippen LogP contribution >= 0.6 is 0 Å². The molecule has 0 saturated carbocycles. The molecule has 2 aromatic carbocycles. The summed E-state index contributed by atoms with van der Waals surface area (Å²) in [6, 6.07) is 13.6. The molecule has 0 aliphatic carbocycles. The van der Waals surface area contributed by atoms with Crippen LogP contribution in [0.1, 0.15) is 37.0 Å². The van der Waals surface area contributed by atoms with Crippen LogP contribution in [-0.4, -0.2) is 35.8 Å². The molecule has 0 aromatic heterocycles. The highest BCUT2D eigenvalue weighted by Crippen LogP contribution is 2.25. The molecular weight excluding hydrogens is 354 g/mol. The molecule has 5 heteroatoms. The van der Waals surface area contributed by atoms with Crippen LogP contribution in [-0.2, 0) is 22.6 Å². The second-order valence-corrected chi connectivity index (χ2v) is 7.33. The van der Waals surface area contributed by atoms with Crippen molar-refractivity contribution in [2.75, 3.05) is 13.2 Å². The molecule has 1 aliphatic heterocycles. The van der Waals surface area contributed by atoms with Crippen LogP contribution in [0, 0.1) is 6.92 Å². The second kappa shape index (κ2) is 8.91. The van der Waals surface area contributed by atoms with Gasteiger partial charge in [0.2, 0.25) is 0 Å². The lowest BCUT2D eigenvalue weighted by Crippen LogP contribution is -2.41. The molecule has 0 N–H and O–H groups in total. The highest BCUT2D eigenvalue weighted by Gasteiger charge is 2.25. The van der Waals surface area contributed by atoms with E-state index in [1.54, 1.807) is 18.7 Å². The summed E-state index contributed by atoms with van der Waals surface area (Å²) >= 11 is 0. The summed E-state index contributed by atoms with van der Waals surface area (Å²) in [5.41, 5.74) is 3.25. The molecule has 5 nitrogen and oxygen atoms in total. The van der Waals surface area contributed by atoms with E-state index < -0.39 is 6.10 Å². The zero-order valence-corrected chi connectivity index (χ0v) is 16.7. The molecule has 0 bridgehead atoms. The van der Waals surface area contributed by atoms with Gasteiger partial charge in [-0.25, -0.2) is 0 Å². The van der Waals surface area contributed by atoms with E-state index in [4.69, 9.17) is 9.47 Å². The number of fused-ring (bicyclic) bond motifs is 1. The Hall–Kier alpha value is -2.82. The molecule has 1 aliphatic rings. The fourth-order valence-corrected chi connectivity index (χ4v) is 3.28. The number of hydrogen-bond donors (Lipinski definition) is 0. The van der Waals surface area contributed by atoms with E-state index >= 15 is 0 Å². The number of Topliss-reactive ketones (excluding diaryl/α,β-unsaturated/α-hetero) is 1. The minimum Gasteiger partial charge on any atom is -0.491 e. The Morgan fingerprint density at radius 1 is 1.18 bits per heavy atom. The standard InChI is InChI=1S/C23H27NO4/c1-16-4-11-22-20(14-16)15-24(12-13-27-22)23(26)18(3)28-21-9-7-19(8-10-21)6-5-17(2)25/h4,7-11,14,18H,5-6,12-13,15H2,1-3H3. The fraction of sp³-hybridized carbons (Fsp3) is 0.391. The van der Waals surface area contributed by atoms with Crippen molar-refractivity contribution >= 4 is 11.7 Å². The summed E-state index contributed by atoms with van der Waals surface area (Å²) in [5.74, 6) is 1.61. The van der Waals surface area contributed by atoms with Gasteiger partial charge in [0.15, 0.2) is 6.10 Å². The average molecular weight is 381 g/mol. The van der Waals surface area contributed by atoms with Crippen LogP contribution in [0.2, 0.25) is 0 Å². The van der Waals surface area contributed by atoms with Gasteiger partial charge in [0.25, 0.3) is 5.91 Å². The molecule has 1 heterocycles. The van der Waals surface area contributed by atoms with Gasteiger partial charge in [-0.05, 0) is 51.0 Å². The van der Waals surface area contributed by atoms with Gasteiger partial charge < -0.3 is 19.2 Å². The summed E-state index contributed by atoms with van der Waals surface area (Å²) in [5, 5.41) is 0. The number of nitrogens with zero attached hydrogens (tertiary/aromatic N) is 1. The number of hydrogen-bond acceptors (Lipinski definition) is 4. The molecule has 0 spiro atoms. The molecule has 2 aromatic rings. The van der Waals surface area contributed by atoms with Gasteiger partial charge in [0.1, 0.15) is 23.9 Å². The van der Waals surface area contributed by atoms with Gasteiger partial charge in [-0.1, -0.05) is 29.8 Å². The largest absolute Gasteiger partial charge is 0.491 e. The number of carbonyl (C=O) groups excluding carboxylic acids is 2. The lowest BCUT2D eigenvalue weighted by molar-refractivity contribution is -0.138. The van der Waals surface area contributed by atoms with Crippen molar-refractivity contribution in [3.05, 3.63) is 59.2 Å². The van der Waals surface area contributed by atoms with Crippen molar-refractivity contribution in [3.8, 4) is 11.5 Å². The molecule has 0 radical (unpaired) electrons. The Morgan fingerprint density at radius 3 is 2.64 bits per heavy atom. The first-order valence-corrected chi connectivity index (χ1v) is 9.68. The van der Waals surface area contributed by atoms with Gasteiger partial charge in [0.05, 0.1) is 6.54 Å². The maximum Gasteiger partial charge on any atom is 0.263 e. The third kappa shape index (κ3) is 5.12. The Kier molecular flexibility index (Phi) is 6.34. The molecule has 148 valence electrons. The number of carbonyl (C=O) groups is 2. The topological polar surface area (TPSA) is 55.8 Å². The zero-order chi connectivity index (χ0) is 20.1. The lowest BCUT2D eigenvalue weighted by Gasteiger charge is -2.24. The monoisotopic (exact) mass is 381 g/mol. The normalized spacial score (nSPS) is 14.5. The molecule has 0 fully saturated rings. The van der Waals surface area contributed by atoms with E-state index in [9.17, 15) is 9.59 Å². The van der Waals surface area contributed by atoms with Crippen molar-refractivity contribution in [2.24, 2.45) is 0 Å². The summed E-state index contributed by atoms with van der Waals surface area (Å²) < 4.78 is 11.6. The number of rotatable bonds is 6. The van der Waals surface area contributed by atoms with Crippen molar-refractivity contribution < 1.29 is 19.1 Å². The summed E-state index contributed by atoms with van der Waals surface area (Å²) in [6.07, 6.45) is 0.665. The number of ether oxygens (including phenoxy) is 2. The maximum absolute atomic E-state index is 12.9. The summed E-state index contributed by atoms with van der Waals surface area (Å²) in [6.45, 7) is 6.92. The third-order valence-electron chi connectivity index (χ3n) is 4.86. The van der Waals surface area contributed by atoms with Crippen molar-refractivity contribution in [3.63, 3.8) is 0 Å². The van der Waals surface area contributed by atoms with E-state index in [-0.39, 0.29) is 11.7 Å². The van der Waals surface area contributed by atoms with E-state index in [0.717, 1.165) is 28.9 Å². The smallest absolute Gasteiger partial charge is 0.263 e. The number of amides is 1. The predicted octanol–water partition coefficient (Wildman–Crippen LogP) is 3.71. The molecule has 1 atom stereocenters. The SMILES string of the molecule is CC(=O)CCc1ccc(OC(C)C(=O)N2CCOc3ccc(C)cc3C2)cc1. The Morgan fingerprint density at radius 2 is 1.93 bits per heavy atom. The number of benzene rings is 2. The van der Waals surface area contributed by atoms with Gasteiger partial charge in [0, 0.05) is 18.5 Å². The van der Waals surface area contributed by atoms with E-state index in [0.29, 0.717) is 31.9 Å². The fourth-order valence-electron chi connectivity index (χ4n) is 3.28. The van der Waals surface area contributed by atoms with Crippen LogP contribution in [0.3, 0.4) is 0 Å². The van der Waals surface area contributed by atoms with Crippen LogP contribution in [0.4, 0.5) is 0 Å². The Bertz CT molecular complexity index is 844. The van der Waals surface area contributed by atoms with Crippen molar-refractivity contribution in [1.29, 1.82) is 0 Å². The van der Waals surface area contributed by atoms with Gasteiger partial charge in [-0.3, -0.25) is 4.79 Å². The minimum atomic E-state index is -0.588. The lowest BCUT2D eigenvalue weighted by atomic mass is 10.1. The Labute approximate surface area is 166 Å². The predicted molar refractivity (Wildman–Crippen MR) is 108 cm³/mol. The molecule has 3 rings (SSSR count). The van der Waals surface area contributed by atoms with Crippen LogP contribution < -0.4 is 9.47 Å². The van der Waals surface area contributed by atoms with Gasteiger partial charge in [-0.2, -0.15) is 0 Å². The molecular formula is C23H27NO4. The van der Waals surface area contributed by atoms with Gasteiger partial charge in [-0.15, -0.1) is 0 Å². The molecule has 1 amide bonds. The van der Waals surface area contributed by atoms with Crippen LogP contribution in [0.15, 0.2) is 42.5 Å². The second-order valence-electron chi connectivity index (χ2n) is 7.33. The average Bonchev–Trinajstić information content (AvgIpc) is 2.88. The summed E-state index contributed by atoms with van der Waals surface area (Å²) in [7, 11) is 0. The van der Waals surface area contributed by atoms with Gasteiger partial charge >= 0.3 is 0 Å². The quantitative estimate of drug-likeness (QED) is 0.766. The summed E-state index contributed by atoms with van der Waals surface area (Å²) in [4.78, 5) is 25.8. The zero-order valence-electron chi connectivity index (χ0n) is 16.7. The van der Waals surface area contributed by atoms with Crippen molar-refractivity contribution in [2.45, 2.75) is 46.3 Å². The van der Waals surface area contributed by atoms with E-state index in [1.807, 2.05) is 43.3 Å². The third-order valence-corrected chi connectivity index (χ3v) is 4.86. The number of ketones is 1. The van der Waals surface area contributed by atoms with E-state index in [1.165, 1.54) is 0 Å². The first-order chi connectivity index (χ1) is 13.4. The molecule has 1 unspecified atom stereocenters. The van der Waals surface area contributed by atoms with Crippen LogP contribution in [0.25, 0.3) is 0 Å². The van der Waals surface area contributed by atoms with Crippen LogP contribution in [0.5, 0.6) is 11.5 Å². The maximum atomic E-state index is 12.9. The Balaban J connectivity index is 1.61. The molecule has 0 saturated heterocycles. The first-order valence-electron chi connectivity index (χ1n) is 9.68. The highest BCUT2D eigenvalue weighted by atomic mass is 16.5. The van der Waals surface area contributed by atoms with Crippen molar-refractivity contribution in [1.82, 2.24) is 4.90 Å². The highest BCUT2D eigenvalue weighted by molar-refractivity contribution is 5.81. The first kappa shape index (κ1) is 19.9. The minimum absolute atomic E-state index is 0.0568. The number of aryl methyl sites for hydroxylation is 2.